The van der Waals surface area contributed by atoms with Crippen LogP contribution in [0.15, 0.2) is 0 Å². The van der Waals surface area contributed by atoms with Gasteiger partial charge in [0.15, 0.2) is 0 Å². The molecule has 100 valence electrons. The number of aromatic amines is 1. The largest absolute Gasteiger partial charge is 0.343 e. The van der Waals surface area contributed by atoms with Crippen LogP contribution in [0.3, 0.4) is 0 Å². The molecule has 1 aliphatic carbocycles. The van der Waals surface area contributed by atoms with Gasteiger partial charge in [-0.3, -0.25) is 9.89 Å². The normalized spacial score (nSPS) is 18.7. The summed E-state index contributed by atoms with van der Waals surface area (Å²) >= 11 is 0. The number of carbonyl (C=O) groups excluding carboxylic acids is 1. The van der Waals surface area contributed by atoms with Gasteiger partial charge in [0.25, 0.3) is 5.91 Å². The van der Waals surface area contributed by atoms with Crippen LogP contribution in [0.4, 0.5) is 0 Å². The van der Waals surface area contributed by atoms with E-state index in [2.05, 4.69) is 20.5 Å². The predicted octanol–water partition coefficient (Wildman–Crippen LogP) is 0.785. The molecule has 0 bridgehead atoms. The van der Waals surface area contributed by atoms with Crippen molar-refractivity contribution in [3.63, 3.8) is 0 Å². The van der Waals surface area contributed by atoms with E-state index in [-0.39, 0.29) is 23.2 Å². The molecule has 1 aromatic rings. The lowest BCUT2D eigenvalue weighted by Crippen LogP contribution is -2.53. The molecule has 0 spiro atoms. The molecule has 1 saturated carbocycles. The SMILES string of the molecule is CC(C)c1nc(C(=O)NC(C)(CN)C2CC2)n[nH]1. The number of rotatable bonds is 5. The number of carbonyl (C=O) groups is 1. The van der Waals surface area contributed by atoms with Crippen molar-refractivity contribution >= 4 is 5.91 Å². The number of amides is 1. The van der Waals surface area contributed by atoms with Crippen LogP contribution in [-0.4, -0.2) is 33.2 Å². The molecule has 4 N–H and O–H groups in total. The number of H-pyrrole nitrogens is 1. The number of aromatic nitrogens is 3. The summed E-state index contributed by atoms with van der Waals surface area (Å²) in [5.74, 6) is 1.37. The molecule has 1 amide bonds. The lowest BCUT2D eigenvalue weighted by molar-refractivity contribution is 0.0887. The van der Waals surface area contributed by atoms with E-state index in [1.165, 1.54) is 0 Å². The summed E-state index contributed by atoms with van der Waals surface area (Å²) in [6, 6.07) is 0. The van der Waals surface area contributed by atoms with Crippen molar-refractivity contribution in [3.8, 4) is 0 Å². The number of nitrogens with one attached hydrogen (secondary N) is 2. The third kappa shape index (κ3) is 2.53. The van der Waals surface area contributed by atoms with E-state index in [4.69, 9.17) is 5.73 Å². The molecule has 1 atom stereocenters. The van der Waals surface area contributed by atoms with Crippen LogP contribution in [0.5, 0.6) is 0 Å². The summed E-state index contributed by atoms with van der Waals surface area (Å²) in [5, 5.41) is 9.69. The van der Waals surface area contributed by atoms with Gasteiger partial charge in [0.05, 0.1) is 5.54 Å². The quantitative estimate of drug-likeness (QED) is 0.720. The first kappa shape index (κ1) is 13.0. The molecule has 18 heavy (non-hydrogen) atoms. The third-order valence-electron chi connectivity index (χ3n) is 3.55. The Kier molecular flexibility index (Phi) is 3.38. The second-order valence-electron chi connectivity index (χ2n) is 5.55. The lowest BCUT2D eigenvalue weighted by Gasteiger charge is -2.28. The average molecular weight is 251 g/mol. The van der Waals surface area contributed by atoms with E-state index < -0.39 is 0 Å². The van der Waals surface area contributed by atoms with Crippen LogP contribution in [0.25, 0.3) is 0 Å². The topological polar surface area (TPSA) is 96.7 Å². The van der Waals surface area contributed by atoms with Gasteiger partial charge < -0.3 is 11.1 Å². The van der Waals surface area contributed by atoms with Gasteiger partial charge in [-0.15, -0.1) is 5.10 Å². The molecule has 6 heteroatoms. The van der Waals surface area contributed by atoms with Crippen LogP contribution in [0.2, 0.25) is 0 Å². The van der Waals surface area contributed by atoms with Crippen LogP contribution >= 0.6 is 0 Å². The zero-order valence-electron chi connectivity index (χ0n) is 11.2. The van der Waals surface area contributed by atoms with E-state index in [1.54, 1.807) is 0 Å². The van der Waals surface area contributed by atoms with Gasteiger partial charge in [-0.05, 0) is 25.7 Å². The molecular weight excluding hydrogens is 230 g/mol. The molecule has 0 saturated heterocycles. The predicted molar refractivity (Wildman–Crippen MR) is 68.1 cm³/mol. The molecule has 1 heterocycles. The number of nitrogens with zero attached hydrogens (tertiary/aromatic N) is 2. The first-order valence-corrected chi connectivity index (χ1v) is 6.41. The first-order chi connectivity index (χ1) is 8.46. The summed E-state index contributed by atoms with van der Waals surface area (Å²) < 4.78 is 0. The van der Waals surface area contributed by atoms with Gasteiger partial charge in [0.2, 0.25) is 5.82 Å². The van der Waals surface area contributed by atoms with E-state index in [0.29, 0.717) is 12.5 Å². The molecule has 0 radical (unpaired) electrons. The van der Waals surface area contributed by atoms with Crippen molar-refractivity contribution in [2.75, 3.05) is 6.54 Å². The van der Waals surface area contributed by atoms with Gasteiger partial charge in [0.1, 0.15) is 5.82 Å². The summed E-state index contributed by atoms with van der Waals surface area (Å²) in [6.45, 7) is 6.41. The van der Waals surface area contributed by atoms with Gasteiger partial charge in [-0.1, -0.05) is 13.8 Å². The monoisotopic (exact) mass is 251 g/mol. The van der Waals surface area contributed by atoms with Crippen molar-refractivity contribution < 1.29 is 4.79 Å². The van der Waals surface area contributed by atoms with E-state index in [1.807, 2.05) is 20.8 Å². The second kappa shape index (κ2) is 4.68. The molecule has 6 nitrogen and oxygen atoms in total. The van der Waals surface area contributed by atoms with Gasteiger partial charge in [-0.25, -0.2) is 4.98 Å². The Morgan fingerprint density at radius 1 is 1.61 bits per heavy atom. The molecule has 1 aliphatic rings. The molecule has 2 rings (SSSR count). The fraction of sp³-hybridized carbons (Fsp3) is 0.750. The Morgan fingerprint density at radius 3 is 2.72 bits per heavy atom. The van der Waals surface area contributed by atoms with E-state index >= 15 is 0 Å². The maximum absolute atomic E-state index is 12.1. The zero-order valence-corrected chi connectivity index (χ0v) is 11.2. The number of nitrogens with two attached hydrogens (primary N) is 1. The maximum Gasteiger partial charge on any atom is 0.291 e. The highest BCUT2D eigenvalue weighted by molar-refractivity contribution is 5.91. The molecule has 0 aromatic carbocycles. The van der Waals surface area contributed by atoms with Crippen LogP contribution in [0, 0.1) is 5.92 Å². The fourth-order valence-electron chi connectivity index (χ4n) is 1.99. The Balaban J connectivity index is 2.06. The summed E-state index contributed by atoms with van der Waals surface area (Å²) in [6.07, 6.45) is 2.25. The highest BCUT2D eigenvalue weighted by Crippen LogP contribution is 2.39. The Hall–Kier alpha value is -1.43. The fourth-order valence-corrected chi connectivity index (χ4v) is 1.99. The third-order valence-corrected chi connectivity index (χ3v) is 3.55. The summed E-state index contributed by atoms with van der Waals surface area (Å²) in [4.78, 5) is 16.3. The van der Waals surface area contributed by atoms with Crippen molar-refractivity contribution in [1.82, 2.24) is 20.5 Å². The zero-order chi connectivity index (χ0) is 13.3. The molecule has 0 aliphatic heterocycles. The lowest BCUT2D eigenvalue weighted by atomic mass is 9.96. The van der Waals surface area contributed by atoms with Gasteiger partial charge >= 0.3 is 0 Å². The highest BCUT2D eigenvalue weighted by Gasteiger charge is 2.42. The van der Waals surface area contributed by atoms with Crippen molar-refractivity contribution in [2.24, 2.45) is 11.7 Å². The van der Waals surface area contributed by atoms with E-state index in [9.17, 15) is 4.79 Å². The van der Waals surface area contributed by atoms with Crippen LogP contribution in [0.1, 0.15) is 56.0 Å². The van der Waals surface area contributed by atoms with Crippen molar-refractivity contribution in [3.05, 3.63) is 11.6 Å². The average Bonchev–Trinajstić information content (AvgIpc) is 3.06. The minimum absolute atomic E-state index is 0.194. The maximum atomic E-state index is 12.1. The smallest absolute Gasteiger partial charge is 0.291 e. The number of hydrogen-bond acceptors (Lipinski definition) is 4. The Bertz CT molecular complexity index is 437. The molecular formula is C12H21N5O. The van der Waals surface area contributed by atoms with Crippen LogP contribution < -0.4 is 11.1 Å². The molecule has 1 unspecified atom stereocenters. The van der Waals surface area contributed by atoms with Crippen molar-refractivity contribution in [1.29, 1.82) is 0 Å². The second-order valence-corrected chi connectivity index (χ2v) is 5.55. The van der Waals surface area contributed by atoms with Crippen molar-refractivity contribution in [2.45, 2.75) is 45.1 Å². The minimum atomic E-state index is -0.338. The number of hydrogen-bond donors (Lipinski definition) is 3. The summed E-state index contributed by atoms with van der Waals surface area (Å²) in [5.41, 5.74) is 5.43. The Morgan fingerprint density at radius 2 is 2.28 bits per heavy atom. The van der Waals surface area contributed by atoms with Gasteiger partial charge in [0, 0.05) is 12.5 Å². The molecule has 1 aromatic heterocycles. The minimum Gasteiger partial charge on any atom is -0.343 e. The van der Waals surface area contributed by atoms with E-state index in [0.717, 1.165) is 18.7 Å². The molecule has 1 fully saturated rings. The van der Waals surface area contributed by atoms with Gasteiger partial charge in [-0.2, -0.15) is 0 Å². The van der Waals surface area contributed by atoms with Crippen LogP contribution in [-0.2, 0) is 0 Å². The standard InChI is InChI=1S/C12H21N5O/c1-7(2)9-14-10(17-16-9)11(18)15-12(3,6-13)8-4-5-8/h7-8H,4-6,13H2,1-3H3,(H,15,18)(H,14,16,17). The Labute approximate surface area is 107 Å². The highest BCUT2D eigenvalue weighted by atomic mass is 16.2. The first-order valence-electron chi connectivity index (χ1n) is 6.41. The summed E-state index contributed by atoms with van der Waals surface area (Å²) in [7, 11) is 0.